The molecule has 1 aliphatic heterocycles. The summed E-state index contributed by atoms with van der Waals surface area (Å²) in [6.07, 6.45) is 6.12. The summed E-state index contributed by atoms with van der Waals surface area (Å²) < 4.78 is 0. The summed E-state index contributed by atoms with van der Waals surface area (Å²) in [7, 11) is 0. The Balaban J connectivity index is 1.37. The lowest BCUT2D eigenvalue weighted by atomic mass is 9.89. The topological polar surface area (TPSA) is 149 Å². The molecule has 0 spiro atoms. The van der Waals surface area contributed by atoms with Gasteiger partial charge in [-0.2, -0.15) is 0 Å². The first-order chi connectivity index (χ1) is 17.4. The minimum absolute atomic E-state index is 0.0322. The summed E-state index contributed by atoms with van der Waals surface area (Å²) >= 11 is 0. The molecule has 0 bridgehead atoms. The smallest absolute Gasteiger partial charge is 0.289 e. The summed E-state index contributed by atoms with van der Waals surface area (Å²) in [5, 5.41) is 11.5. The zero-order valence-electron chi connectivity index (χ0n) is 20.2. The van der Waals surface area contributed by atoms with Crippen LogP contribution in [0.4, 0.5) is 0 Å². The molecule has 10 heteroatoms. The van der Waals surface area contributed by atoms with Crippen LogP contribution in [0.25, 0.3) is 10.9 Å². The molecule has 1 saturated heterocycles. The normalized spacial score (nSPS) is 19.2. The third kappa shape index (κ3) is 6.50. The predicted molar refractivity (Wildman–Crippen MR) is 133 cm³/mol. The zero-order valence-corrected chi connectivity index (χ0v) is 20.2. The highest BCUT2D eigenvalue weighted by molar-refractivity contribution is 6.38. The Labute approximate surface area is 209 Å². The fourth-order valence-electron chi connectivity index (χ4n) is 4.93. The van der Waals surface area contributed by atoms with Gasteiger partial charge in [-0.25, -0.2) is 0 Å². The van der Waals surface area contributed by atoms with Crippen LogP contribution in [0.15, 0.2) is 30.3 Å². The minimum Gasteiger partial charge on any atom is -0.356 e. The number of hydrogen-bond acceptors (Lipinski definition) is 5. The summed E-state index contributed by atoms with van der Waals surface area (Å²) in [5.74, 6) is -3.25. The molecule has 2 atom stereocenters. The first-order valence-electron chi connectivity index (χ1n) is 12.7. The van der Waals surface area contributed by atoms with Crippen LogP contribution in [0.3, 0.4) is 0 Å². The Kier molecular flexibility index (Phi) is 8.35. The maximum absolute atomic E-state index is 13.0. The van der Waals surface area contributed by atoms with Crippen LogP contribution in [0.1, 0.15) is 61.9 Å². The van der Waals surface area contributed by atoms with Crippen LogP contribution in [0, 0.1) is 5.92 Å². The lowest BCUT2D eigenvalue weighted by Gasteiger charge is -2.27. The van der Waals surface area contributed by atoms with Gasteiger partial charge in [0.2, 0.25) is 17.6 Å². The molecule has 10 nitrogen and oxygen atoms in total. The highest BCUT2D eigenvalue weighted by Crippen LogP contribution is 2.20. The Morgan fingerprint density at radius 3 is 2.53 bits per heavy atom. The summed E-state index contributed by atoms with van der Waals surface area (Å²) in [4.78, 5) is 66.2. The predicted octanol–water partition coefficient (Wildman–Crippen LogP) is 1.32. The molecule has 1 aromatic carbocycles. The fraction of sp³-hybridized carbons (Fsp3) is 0.500. The van der Waals surface area contributed by atoms with E-state index in [1.54, 1.807) is 6.07 Å². The lowest BCUT2D eigenvalue weighted by molar-refractivity contribution is -0.141. The average molecular weight is 496 g/mol. The van der Waals surface area contributed by atoms with E-state index in [9.17, 15) is 24.0 Å². The van der Waals surface area contributed by atoms with Gasteiger partial charge >= 0.3 is 0 Å². The molecule has 2 unspecified atom stereocenters. The molecule has 5 N–H and O–H groups in total. The molecule has 4 rings (SSSR count). The number of hydrogen-bond donors (Lipinski definition) is 5. The molecular weight excluding hydrogens is 462 g/mol. The van der Waals surface area contributed by atoms with Crippen LogP contribution in [0.5, 0.6) is 0 Å². The molecule has 0 radical (unpaired) electrons. The Morgan fingerprint density at radius 1 is 1.00 bits per heavy atom. The quantitative estimate of drug-likeness (QED) is 0.333. The number of H-pyrrole nitrogens is 1. The van der Waals surface area contributed by atoms with Gasteiger partial charge in [0.15, 0.2) is 0 Å². The number of carbonyl (C=O) groups is 5. The van der Waals surface area contributed by atoms with Crippen LogP contribution in [0.2, 0.25) is 0 Å². The van der Waals surface area contributed by atoms with E-state index in [2.05, 4.69) is 26.3 Å². The second-order valence-electron chi connectivity index (χ2n) is 9.61. The van der Waals surface area contributed by atoms with Gasteiger partial charge < -0.3 is 26.3 Å². The molecule has 2 heterocycles. The van der Waals surface area contributed by atoms with E-state index in [4.69, 9.17) is 0 Å². The molecule has 2 aromatic rings. The van der Waals surface area contributed by atoms with E-state index in [0.29, 0.717) is 18.7 Å². The van der Waals surface area contributed by atoms with Gasteiger partial charge in [0, 0.05) is 29.4 Å². The van der Waals surface area contributed by atoms with Gasteiger partial charge in [0.25, 0.3) is 11.8 Å². The number of rotatable bonds is 9. The van der Waals surface area contributed by atoms with Gasteiger partial charge in [-0.15, -0.1) is 0 Å². The van der Waals surface area contributed by atoms with Gasteiger partial charge in [0.05, 0.1) is 12.6 Å². The standard InChI is InChI=1S/C26H33N5O5/c32-22(15-28-25(35)21-13-16-7-4-5-11-19(16)30-21)31-20(14-17-8-6-12-27-24(17)34)23(33)26(36)29-18-9-2-1-3-10-18/h4-5,7,11,13,17-18,20,30H,1-3,6,8-10,12,14-15H2,(H,27,34)(H,28,35)(H,29,36)(H,31,32). The fourth-order valence-corrected chi connectivity index (χ4v) is 4.93. The maximum Gasteiger partial charge on any atom is 0.289 e. The molecule has 192 valence electrons. The number of para-hydroxylation sites is 1. The second kappa shape index (κ2) is 11.8. The van der Waals surface area contributed by atoms with Crippen molar-refractivity contribution < 1.29 is 24.0 Å². The number of Topliss-reactive ketones (excluding diaryl/α,β-unsaturated/α-hetero) is 1. The Hall–Kier alpha value is -3.69. The lowest BCUT2D eigenvalue weighted by Crippen LogP contribution is -2.53. The average Bonchev–Trinajstić information content (AvgIpc) is 3.33. The monoisotopic (exact) mass is 495 g/mol. The first kappa shape index (κ1) is 25.4. The number of aromatic amines is 1. The van der Waals surface area contributed by atoms with Gasteiger partial charge in [-0.05, 0) is 44.2 Å². The number of benzene rings is 1. The van der Waals surface area contributed by atoms with Crippen molar-refractivity contribution in [2.75, 3.05) is 13.1 Å². The van der Waals surface area contributed by atoms with Crippen LogP contribution in [-0.2, 0) is 19.2 Å². The van der Waals surface area contributed by atoms with Crippen molar-refractivity contribution in [1.29, 1.82) is 0 Å². The van der Waals surface area contributed by atoms with Crippen molar-refractivity contribution in [3.05, 3.63) is 36.0 Å². The van der Waals surface area contributed by atoms with Crippen LogP contribution < -0.4 is 21.3 Å². The molecule has 2 aliphatic rings. The van der Waals surface area contributed by atoms with Crippen molar-refractivity contribution >= 4 is 40.3 Å². The van der Waals surface area contributed by atoms with E-state index in [1.165, 1.54) is 0 Å². The number of aromatic nitrogens is 1. The summed E-state index contributed by atoms with van der Waals surface area (Å²) in [5.41, 5.74) is 1.11. The van der Waals surface area contributed by atoms with E-state index in [-0.39, 0.29) is 24.9 Å². The first-order valence-corrected chi connectivity index (χ1v) is 12.7. The molecule has 1 aromatic heterocycles. The van der Waals surface area contributed by atoms with Crippen molar-refractivity contribution in [3.8, 4) is 0 Å². The number of ketones is 1. The molecule has 1 aliphatic carbocycles. The van der Waals surface area contributed by atoms with Gasteiger partial charge in [0.1, 0.15) is 5.69 Å². The number of piperidine rings is 1. The van der Waals surface area contributed by atoms with Crippen LogP contribution >= 0.6 is 0 Å². The van der Waals surface area contributed by atoms with E-state index in [0.717, 1.165) is 49.4 Å². The molecule has 2 fully saturated rings. The molecule has 4 amide bonds. The Morgan fingerprint density at radius 2 is 1.78 bits per heavy atom. The van der Waals surface area contributed by atoms with E-state index < -0.39 is 35.5 Å². The van der Waals surface area contributed by atoms with Crippen LogP contribution in [-0.4, -0.2) is 59.6 Å². The second-order valence-corrected chi connectivity index (χ2v) is 9.61. The van der Waals surface area contributed by atoms with Gasteiger partial charge in [-0.1, -0.05) is 37.5 Å². The summed E-state index contributed by atoms with van der Waals surface area (Å²) in [6, 6.07) is 7.90. The molecular formula is C26H33N5O5. The van der Waals surface area contributed by atoms with Crippen molar-refractivity contribution in [2.45, 2.75) is 63.5 Å². The van der Waals surface area contributed by atoms with E-state index >= 15 is 0 Å². The molecule has 36 heavy (non-hydrogen) atoms. The van der Waals surface area contributed by atoms with Crippen molar-refractivity contribution in [3.63, 3.8) is 0 Å². The number of carbonyl (C=O) groups excluding carboxylic acids is 5. The third-order valence-electron chi connectivity index (χ3n) is 6.92. The maximum atomic E-state index is 13.0. The minimum atomic E-state index is -1.15. The van der Waals surface area contributed by atoms with Gasteiger partial charge in [-0.3, -0.25) is 24.0 Å². The third-order valence-corrected chi connectivity index (χ3v) is 6.92. The largest absolute Gasteiger partial charge is 0.356 e. The highest BCUT2D eigenvalue weighted by atomic mass is 16.2. The highest BCUT2D eigenvalue weighted by Gasteiger charge is 2.34. The summed E-state index contributed by atoms with van der Waals surface area (Å²) in [6.45, 7) is 0.196. The van der Waals surface area contributed by atoms with Crippen molar-refractivity contribution in [1.82, 2.24) is 26.3 Å². The Bertz CT molecular complexity index is 1100. The van der Waals surface area contributed by atoms with E-state index in [1.807, 2.05) is 24.3 Å². The molecule has 1 saturated carbocycles. The van der Waals surface area contributed by atoms with Crippen molar-refractivity contribution in [2.24, 2.45) is 5.92 Å². The SMILES string of the molecule is O=C(CNC(=O)c1cc2ccccc2[nH]1)NC(CC1CCCNC1=O)C(=O)C(=O)NC1CCCCC1. The zero-order chi connectivity index (χ0) is 25.5. The number of nitrogens with one attached hydrogen (secondary N) is 5. The number of amides is 4. The number of fused-ring (bicyclic) bond motifs is 1.